The normalized spacial score (nSPS) is 10.4. The zero-order valence-electron chi connectivity index (χ0n) is 9.17. The third-order valence-corrected chi connectivity index (χ3v) is 2.58. The van der Waals surface area contributed by atoms with E-state index in [0.717, 1.165) is 16.8 Å². The Morgan fingerprint density at radius 2 is 1.88 bits per heavy atom. The Morgan fingerprint density at radius 1 is 1.25 bits per heavy atom. The predicted molar refractivity (Wildman–Crippen MR) is 60.9 cm³/mol. The molecular weight excluding hydrogens is 205 g/mol. The number of nitrogens with one attached hydrogen (secondary N) is 1. The molecule has 0 aliphatic heterocycles. The lowest BCUT2D eigenvalue weighted by Gasteiger charge is -2.02. The van der Waals surface area contributed by atoms with Crippen molar-refractivity contribution in [2.45, 2.75) is 13.8 Å². The summed E-state index contributed by atoms with van der Waals surface area (Å²) in [5, 5.41) is 0. The summed E-state index contributed by atoms with van der Waals surface area (Å²) in [6, 6.07) is 6.12. The minimum Gasteiger partial charge on any atom is -0.364 e. The second-order valence-electron chi connectivity index (χ2n) is 3.77. The number of hydrogen-bond acceptors (Lipinski definition) is 1. The molecule has 0 unspecified atom stereocenters. The standard InChI is InChI=1S/C13H12FNO/c1-8-13(9(2)16)12(7-15-8)10-3-5-11(14)6-4-10/h3-7,15H,1-2H3. The number of aryl methyl sites for hydroxylation is 1. The number of aromatic nitrogens is 1. The number of rotatable bonds is 2. The molecule has 1 N–H and O–H groups in total. The van der Waals surface area contributed by atoms with Crippen LogP contribution < -0.4 is 0 Å². The first-order chi connectivity index (χ1) is 7.59. The molecule has 2 rings (SSSR count). The summed E-state index contributed by atoms with van der Waals surface area (Å²) < 4.78 is 12.8. The Hall–Kier alpha value is -1.90. The smallest absolute Gasteiger partial charge is 0.162 e. The van der Waals surface area contributed by atoms with Gasteiger partial charge in [-0.25, -0.2) is 4.39 Å². The van der Waals surface area contributed by atoms with Gasteiger partial charge in [0.2, 0.25) is 0 Å². The maximum absolute atomic E-state index is 12.8. The zero-order valence-corrected chi connectivity index (χ0v) is 9.17. The molecule has 2 nitrogen and oxygen atoms in total. The van der Waals surface area contributed by atoms with Crippen molar-refractivity contribution < 1.29 is 9.18 Å². The highest BCUT2D eigenvalue weighted by Crippen LogP contribution is 2.26. The maximum atomic E-state index is 12.8. The van der Waals surface area contributed by atoms with Crippen molar-refractivity contribution in [3.8, 4) is 11.1 Å². The van der Waals surface area contributed by atoms with Gasteiger partial charge in [-0.15, -0.1) is 0 Å². The van der Waals surface area contributed by atoms with E-state index < -0.39 is 0 Å². The van der Waals surface area contributed by atoms with Crippen molar-refractivity contribution >= 4 is 5.78 Å². The van der Waals surface area contributed by atoms with Crippen LogP contribution in [0.25, 0.3) is 11.1 Å². The molecule has 0 spiro atoms. The molecule has 82 valence electrons. The quantitative estimate of drug-likeness (QED) is 0.769. The molecule has 16 heavy (non-hydrogen) atoms. The molecule has 1 heterocycles. The van der Waals surface area contributed by atoms with Crippen LogP contribution in [0.5, 0.6) is 0 Å². The highest BCUT2D eigenvalue weighted by molar-refractivity contribution is 6.02. The first kappa shape index (κ1) is 10.6. The Labute approximate surface area is 93.1 Å². The number of carbonyl (C=O) groups is 1. The van der Waals surface area contributed by atoms with Crippen molar-refractivity contribution in [3.63, 3.8) is 0 Å². The maximum Gasteiger partial charge on any atom is 0.162 e. The Kier molecular flexibility index (Phi) is 2.60. The molecule has 0 bridgehead atoms. The number of halogens is 1. The molecule has 0 radical (unpaired) electrons. The fourth-order valence-corrected chi connectivity index (χ4v) is 1.84. The van der Waals surface area contributed by atoms with Crippen LogP contribution in [0.3, 0.4) is 0 Å². The van der Waals surface area contributed by atoms with Crippen LogP contribution in [-0.4, -0.2) is 10.8 Å². The van der Waals surface area contributed by atoms with Crippen LogP contribution in [0.15, 0.2) is 30.5 Å². The fraction of sp³-hybridized carbons (Fsp3) is 0.154. The number of carbonyl (C=O) groups excluding carboxylic acids is 1. The summed E-state index contributed by atoms with van der Waals surface area (Å²) in [6.45, 7) is 3.38. The molecule has 0 aliphatic carbocycles. The van der Waals surface area contributed by atoms with Gasteiger partial charge in [-0.3, -0.25) is 4.79 Å². The average molecular weight is 217 g/mol. The van der Waals surface area contributed by atoms with Gasteiger partial charge in [0.25, 0.3) is 0 Å². The topological polar surface area (TPSA) is 32.9 Å². The van der Waals surface area contributed by atoms with E-state index in [2.05, 4.69) is 4.98 Å². The van der Waals surface area contributed by atoms with Gasteiger partial charge < -0.3 is 4.98 Å². The van der Waals surface area contributed by atoms with Crippen LogP contribution in [0, 0.1) is 12.7 Å². The van der Waals surface area contributed by atoms with Gasteiger partial charge in [-0.05, 0) is 31.5 Å². The number of aromatic amines is 1. The number of benzene rings is 1. The van der Waals surface area contributed by atoms with Gasteiger partial charge in [0.05, 0.1) is 0 Å². The van der Waals surface area contributed by atoms with Crippen molar-refractivity contribution in [2.24, 2.45) is 0 Å². The molecule has 0 saturated heterocycles. The van der Waals surface area contributed by atoms with Crippen molar-refractivity contribution in [2.75, 3.05) is 0 Å². The minimum absolute atomic E-state index is 0.0121. The Bertz CT molecular complexity index is 525. The number of Topliss-reactive ketones (excluding diaryl/α,β-unsaturated/α-hetero) is 1. The van der Waals surface area contributed by atoms with Crippen molar-refractivity contribution in [3.05, 3.63) is 47.5 Å². The van der Waals surface area contributed by atoms with Crippen LogP contribution in [0.1, 0.15) is 23.0 Å². The number of ketones is 1. The molecule has 1 aromatic heterocycles. The predicted octanol–water partition coefficient (Wildman–Crippen LogP) is 3.33. The monoisotopic (exact) mass is 217 g/mol. The van der Waals surface area contributed by atoms with E-state index in [1.165, 1.54) is 19.1 Å². The lowest BCUT2D eigenvalue weighted by molar-refractivity contribution is 0.101. The third kappa shape index (κ3) is 1.76. The summed E-state index contributed by atoms with van der Waals surface area (Å²) in [4.78, 5) is 14.5. The lowest BCUT2D eigenvalue weighted by atomic mass is 10.0. The van der Waals surface area contributed by atoms with E-state index in [1.807, 2.05) is 6.92 Å². The highest BCUT2D eigenvalue weighted by atomic mass is 19.1. The third-order valence-electron chi connectivity index (χ3n) is 2.58. The van der Waals surface area contributed by atoms with E-state index >= 15 is 0 Å². The molecule has 0 amide bonds. The van der Waals surface area contributed by atoms with E-state index in [0.29, 0.717) is 5.56 Å². The minimum atomic E-state index is -0.277. The Morgan fingerprint density at radius 3 is 2.44 bits per heavy atom. The molecule has 0 saturated carbocycles. The first-order valence-corrected chi connectivity index (χ1v) is 5.04. The van der Waals surface area contributed by atoms with E-state index in [4.69, 9.17) is 0 Å². The largest absolute Gasteiger partial charge is 0.364 e. The lowest BCUT2D eigenvalue weighted by Crippen LogP contribution is -1.95. The Balaban J connectivity index is 2.56. The molecular formula is C13H12FNO. The van der Waals surface area contributed by atoms with E-state index in [-0.39, 0.29) is 11.6 Å². The highest BCUT2D eigenvalue weighted by Gasteiger charge is 2.13. The van der Waals surface area contributed by atoms with Crippen LogP contribution in [-0.2, 0) is 0 Å². The molecule has 2 aromatic rings. The van der Waals surface area contributed by atoms with Gasteiger partial charge in [0.1, 0.15) is 5.82 Å². The van der Waals surface area contributed by atoms with Gasteiger partial charge >= 0.3 is 0 Å². The second kappa shape index (κ2) is 3.93. The summed E-state index contributed by atoms with van der Waals surface area (Å²) in [7, 11) is 0. The average Bonchev–Trinajstić information content (AvgIpc) is 2.61. The molecule has 0 aliphatic rings. The zero-order chi connectivity index (χ0) is 11.7. The summed E-state index contributed by atoms with van der Waals surface area (Å²) in [5.41, 5.74) is 3.18. The summed E-state index contributed by atoms with van der Waals surface area (Å²) >= 11 is 0. The van der Waals surface area contributed by atoms with E-state index in [9.17, 15) is 9.18 Å². The molecule has 3 heteroatoms. The van der Waals surface area contributed by atoms with Crippen LogP contribution in [0.4, 0.5) is 4.39 Å². The number of H-pyrrole nitrogens is 1. The van der Waals surface area contributed by atoms with Gasteiger partial charge in [0, 0.05) is 23.0 Å². The van der Waals surface area contributed by atoms with Gasteiger partial charge in [0.15, 0.2) is 5.78 Å². The van der Waals surface area contributed by atoms with Gasteiger partial charge in [-0.1, -0.05) is 12.1 Å². The van der Waals surface area contributed by atoms with Gasteiger partial charge in [-0.2, -0.15) is 0 Å². The van der Waals surface area contributed by atoms with Crippen LogP contribution in [0.2, 0.25) is 0 Å². The first-order valence-electron chi connectivity index (χ1n) is 5.04. The molecule has 0 atom stereocenters. The fourth-order valence-electron chi connectivity index (χ4n) is 1.84. The number of hydrogen-bond donors (Lipinski definition) is 1. The van der Waals surface area contributed by atoms with Crippen molar-refractivity contribution in [1.82, 2.24) is 4.98 Å². The van der Waals surface area contributed by atoms with Crippen LogP contribution >= 0.6 is 0 Å². The SMILES string of the molecule is CC(=O)c1c(-c2ccc(F)cc2)c[nH]c1C. The van der Waals surface area contributed by atoms with Crippen molar-refractivity contribution in [1.29, 1.82) is 0 Å². The molecule has 1 aromatic carbocycles. The summed E-state index contributed by atoms with van der Waals surface area (Å²) in [5.74, 6) is -0.265. The summed E-state index contributed by atoms with van der Waals surface area (Å²) in [6.07, 6.45) is 1.78. The van der Waals surface area contributed by atoms with E-state index in [1.54, 1.807) is 18.3 Å². The molecule has 0 fully saturated rings. The second-order valence-corrected chi connectivity index (χ2v) is 3.77.